The van der Waals surface area contributed by atoms with Crippen molar-refractivity contribution in [2.45, 2.75) is 9.79 Å². The maximum atomic E-state index is 12.7. The number of aromatic amines is 1. The van der Waals surface area contributed by atoms with E-state index in [2.05, 4.69) is 5.10 Å². The number of sulfone groups is 1. The highest BCUT2D eigenvalue weighted by molar-refractivity contribution is 7.91. The van der Waals surface area contributed by atoms with Gasteiger partial charge >= 0.3 is 5.69 Å². The Hall–Kier alpha value is -2.42. The topological polar surface area (TPSA) is 102 Å². The molecule has 3 aromatic rings. The maximum Gasteiger partial charge on any atom is 0.349 e. The van der Waals surface area contributed by atoms with E-state index in [1.807, 2.05) is 4.98 Å². The predicted octanol–water partition coefficient (Wildman–Crippen LogP) is 2.06. The first-order valence-electron chi connectivity index (χ1n) is 6.78. The first-order valence-corrected chi connectivity index (χ1v) is 9.02. The summed E-state index contributed by atoms with van der Waals surface area (Å²) in [7, 11) is -3.86. The van der Waals surface area contributed by atoms with Crippen LogP contribution in [-0.2, 0) is 9.84 Å². The van der Waals surface area contributed by atoms with E-state index in [1.54, 1.807) is 0 Å². The molecule has 0 fully saturated rings. The summed E-state index contributed by atoms with van der Waals surface area (Å²) in [6.45, 7) is 0. The van der Waals surface area contributed by atoms with Crippen LogP contribution in [0.5, 0.6) is 0 Å². The molecule has 0 aliphatic carbocycles. The number of nitrogens with one attached hydrogen (secondary N) is 1. The van der Waals surface area contributed by atoms with Crippen LogP contribution in [0.2, 0.25) is 10.0 Å². The quantitative estimate of drug-likeness (QED) is 0.728. The van der Waals surface area contributed by atoms with E-state index in [0.29, 0.717) is 5.02 Å². The molecule has 2 aromatic carbocycles. The molecule has 7 nitrogen and oxygen atoms in total. The van der Waals surface area contributed by atoms with E-state index < -0.39 is 21.1 Å². The molecule has 0 aliphatic rings. The van der Waals surface area contributed by atoms with Gasteiger partial charge in [-0.3, -0.25) is 9.78 Å². The number of rotatable bonds is 3. The Morgan fingerprint density at radius 2 is 1.68 bits per heavy atom. The number of halogens is 2. The fourth-order valence-corrected chi connectivity index (χ4v) is 4.03. The molecule has 3 rings (SSSR count). The standard InChI is InChI=1S/C15H9Cl2N3O4S/c16-9-1-4-11(5-2-9)25(23,24)13-6-3-10(7-12(13)17)20-15(22)19-14(21)8-18-20/h1-8H,(H,19,21,22). The van der Waals surface area contributed by atoms with E-state index >= 15 is 0 Å². The third-order valence-electron chi connectivity index (χ3n) is 3.29. The van der Waals surface area contributed by atoms with Crippen molar-refractivity contribution in [2.24, 2.45) is 0 Å². The lowest BCUT2D eigenvalue weighted by molar-refractivity contribution is 0.596. The highest BCUT2D eigenvalue weighted by Gasteiger charge is 2.21. The number of nitrogens with zero attached hydrogens (tertiary/aromatic N) is 2. The van der Waals surface area contributed by atoms with Crippen LogP contribution in [0.3, 0.4) is 0 Å². The summed E-state index contributed by atoms with van der Waals surface area (Å²) in [4.78, 5) is 24.8. The second kappa shape index (κ2) is 6.47. The van der Waals surface area contributed by atoms with E-state index in [0.717, 1.165) is 10.9 Å². The van der Waals surface area contributed by atoms with Gasteiger partial charge in [-0.2, -0.15) is 9.78 Å². The second-order valence-corrected chi connectivity index (χ2v) is 7.68. The third kappa shape index (κ3) is 3.37. The molecule has 1 heterocycles. The number of benzene rings is 2. The number of hydrogen-bond donors (Lipinski definition) is 1. The lowest BCUT2D eigenvalue weighted by Crippen LogP contribution is -2.30. The summed E-state index contributed by atoms with van der Waals surface area (Å²) >= 11 is 11.9. The van der Waals surface area contributed by atoms with Gasteiger partial charge in [-0.05, 0) is 42.5 Å². The third-order valence-corrected chi connectivity index (χ3v) is 5.79. The Kier molecular flexibility index (Phi) is 4.51. The molecule has 1 N–H and O–H groups in total. The number of aromatic nitrogens is 3. The van der Waals surface area contributed by atoms with Crippen molar-refractivity contribution in [1.29, 1.82) is 0 Å². The molecule has 128 valence electrons. The normalized spacial score (nSPS) is 11.4. The highest BCUT2D eigenvalue weighted by Crippen LogP contribution is 2.29. The largest absolute Gasteiger partial charge is 0.349 e. The summed E-state index contributed by atoms with van der Waals surface area (Å²) < 4.78 is 26.2. The van der Waals surface area contributed by atoms with E-state index in [-0.39, 0.29) is 20.5 Å². The molecule has 0 unspecified atom stereocenters. The minimum absolute atomic E-state index is 0.0332. The molecule has 0 bridgehead atoms. The molecule has 0 saturated carbocycles. The van der Waals surface area contributed by atoms with Gasteiger partial charge < -0.3 is 0 Å². The van der Waals surface area contributed by atoms with Gasteiger partial charge in [0.05, 0.1) is 20.5 Å². The molecule has 0 spiro atoms. The van der Waals surface area contributed by atoms with Gasteiger partial charge in [0.15, 0.2) is 0 Å². The van der Waals surface area contributed by atoms with Crippen LogP contribution < -0.4 is 11.2 Å². The first-order chi connectivity index (χ1) is 11.8. The van der Waals surface area contributed by atoms with Gasteiger partial charge in [-0.1, -0.05) is 23.2 Å². The molecule has 0 radical (unpaired) electrons. The molecular weight excluding hydrogens is 389 g/mol. The average Bonchev–Trinajstić information content (AvgIpc) is 2.55. The van der Waals surface area contributed by atoms with E-state index in [9.17, 15) is 18.0 Å². The Labute approximate surface area is 151 Å². The van der Waals surface area contributed by atoms with Crippen molar-refractivity contribution in [1.82, 2.24) is 14.8 Å². The molecule has 0 aliphatic heterocycles. The highest BCUT2D eigenvalue weighted by atomic mass is 35.5. The smallest absolute Gasteiger partial charge is 0.271 e. The molecule has 0 amide bonds. The van der Waals surface area contributed by atoms with Crippen molar-refractivity contribution >= 4 is 33.0 Å². The lowest BCUT2D eigenvalue weighted by Gasteiger charge is -2.09. The van der Waals surface area contributed by atoms with Crippen LogP contribution in [0.15, 0.2) is 68.0 Å². The van der Waals surface area contributed by atoms with E-state index in [4.69, 9.17) is 23.2 Å². The van der Waals surface area contributed by atoms with Gasteiger partial charge in [0, 0.05) is 5.02 Å². The van der Waals surface area contributed by atoms with Crippen LogP contribution in [0.25, 0.3) is 5.69 Å². The van der Waals surface area contributed by atoms with Crippen LogP contribution in [0.1, 0.15) is 0 Å². The summed E-state index contributed by atoms with van der Waals surface area (Å²) in [6.07, 6.45) is 0.924. The van der Waals surface area contributed by atoms with Gasteiger partial charge in [-0.15, -0.1) is 0 Å². The van der Waals surface area contributed by atoms with Crippen LogP contribution in [0.4, 0.5) is 0 Å². The maximum absolute atomic E-state index is 12.7. The molecule has 1 aromatic heterocycles. The van der Waals surface area contributed by atoms with Gasteiger partial charge in [0.25, 0.3) is 5.56 Å². The van der Waals surface area contributed by atoms with Gasteiger partial charge in [0.1, 0.15) is 6.20 Å². The van der Waals surface area contributed by atoms with Gasteiger partial charge in [0.2, 0.25) is 9.84 Å². The fourth-order valence-electron chi connectivity index (χ4n) is 2.12. The molecule has 25 heavy (non-hydrogen) atoms. The fraction of sp³-hybridized carbons (Fsp3) is 0. The Balaban J connectivity index is 2.09. The van der Waals surface area contributed by atoms with Crippen molar-refractivity contribution in [2.75, 3.05) is 0 Å². The zero-order chi connectivity index (χ0) is 18.2. The zero-order valence-corrected chi connectivity index (χ0v) is 14.6. The number of hydrogen-bond acceptors (Lipinski definition) is 5. The second-order valence-electron chi connectivity index (χ2n) is 4.92. The van der Waals surface area contributed by atoms with Crippen LogP contribution in [0, 0.1) is 0 Å². The summed E-state index contributed by atoms with van der Waals surface area (Å²) in [6, 6.07) is 9.56. The van der Waals surface area contributed by atoms with Gasteiger partial charge in [-0.25, -0.2) is 13.2 Å². The van der Waals surface area contributed by atoms with Crippen molar-refractivity contribution in [3.8, 4) is 5.69 Å². The SMILES string of the molecule is O=c1cnn(-c2ccc(S(=O)(=O)c3ccc(Cl)cc3)c(Cl)c2)c(=O)[nH]1. The minimum atomic E-state index is -3.86. The van der Waals surface area contributed by atoms with Crippen LogP contribution >= 0.6 is 23.2 Å². The number of H-pyrrole nitrogens is 1. The van der Waals surface area contributed by atoms with Crippen molar-refractivity contribution < 1.29 is 8.42 Å². The predicted molar refractivity (Wildman–Crippen MR) is 92.4 cm³/mol. The summed E-state index contributed by atoms with van der Waals surface area (Å²) in [5, 5.41) is 4.00. The first kappa shape index (κ1) is 17.4. The summed E-state index contributed by atoms with van der Waals surface area (Å²) in [5.41, 5.74) is -1.20. The molecule has 10 heteroatoms. The van der Waals surface area contributed by atoms with Crippen molar-refractivity contribution in [3.05, 3.63) is 79.5 Å². The lowest BCUT2D eigenvalue weighted by atomic mass is 10.3. The Morgan fingerprint density at radius 1 is 1.00 bits per heavy atom. The summed E-state index contributed by atoms with van der Waals surface area (Å²) in [5.74, 6) is 0. The molecule has 0 saturated heterocycles. The zero-order valence-electron chi connectivity index (χ0n) is 12.3. The monoisotopic (exact) mass is 397 g/mol. The molecule has 0 atom stereocenters. The Morgan fingerprint density at radius 3 is 2.28 bits per heavy atom. The Bertz CT molecular complexity index is 1170. The minimum Gasteiger partial charge on any atom is -0.271 e. The molecular formula is C15H9Cl2N3O4S. The van der Waals surface area contributed by atoms with Crippen molar-refractivity contribution in [3.63, 3.8) is 0 Å². The van der Waals surface area contributed by atoms with Crippen LogP contribution in [-0.4, -0.2) is 23.2 Å². The van der Waals surface area contributed by atoms with E-state index in [1.165, 1.54) is 42.5 Å². The average molecular weight is 398 g/mol.